The van der Waals surface area contributed by atoms with E-state index >= 15 is 0 Å². The molecule has 1 heterocycles. The maximum atomic E-state index is 4.58. The van der Waals surface area contributed by atoms with Crippen molar-refractivity contribution < 1.29 is 0 Å². The number of anilines is 3. The van der Waals surface area contributed by atoms with E-state index in [9.17, 15) is 0 Å². The van der Waals surface area contributed by atoms with E-state index in [-0.39, 0.29) is 0 Å². The summed E-state index contributed by atoms with van der Waals surface area (Å²) in [5.41, 5.74) is 3.07. The molecule has 3 rings (SSSR count). The van der Waals surface area contributed by atoms with Gasteiger partial charge >= 0.3 is 0 Å². The van der Waals surface area contributed by atoms with Crippen LogP contribution >= 0.6 is 0 Å². The van der Waals surface area contributed by atoms with Crippen molar-refractivity contribution in [1.82, 2.24) is 9.97 Å². The predicted molar refractivity (Wildman–Crippen MR) is 92.7 cm³/mol. The molecule has 3 aromatic rings. The van der Waals surface area contributed by atoms with Crippen LogP contribution in [0.2, 0.25) is 0 Å². The summed E-state index contributed by atoms with van der Waals surface area (Å²) in [6.45, 7) is 6.45. The van der Waals surface area contributed by atoms with Crippen LogP contribution < -0.4 is 10.6 Å². The molecule has 0 amide bonds. The van der Waals surface area contributed by atoms with Gasteiger partial charge in [0.1, 0.15) is 5.82 Å². The normalized spacial score (nSPS) is 10.4. The highest BCUT2D eigenvalue weighted by atomic mass is 15.1. The molecule has 4 nitrogen and oxygen atoms in total. The van der Waals surface area contributed by atoms with Gasteiger partial charge in [-0.3, -0.25) is 0 Å². The lowest BCUT2D eigenvalue weighted by Crippen LogP contribution is -2.05. The van der Waals surface area contributed by atoms with E-state index in [1.807, 2.05) is 42.5 Å². The summed E-state index contributed by atoms with van der Waals surface area (Å²) < 4.78 is 0. The molecule has 0 saturated heterocycles. The zero-order valence-corrected chi connectivity index (χ0v) is 12.5. The van der Waals surface area contributed by atoms with Crippen molar-refractivity contribution in [2.75, 3.05) is 17.2 Å². The fourth-order valence-corrected chi connectivity index (χ4v) is 2.29. The third kappa shape index (κ3) is 3.06. The summed E-state index contributed by atoms with van der Waals surface area (Å²) in [4.78, 5) is 9.16. The minimum Gasteiger partial charge on any atom is -0.366 e. The molecule has 0 fully saturated rings. The highest BCUT2D eigenvalue weighted by Crippen LogP contribution is 2.23. The lowest BCUT2D eigenvalue weighted by atomic mass is 10.2. The summed E-state index contributed by atoms with van der Waals surface area (Å²) >= 11 is 0. The molecule has 110 valence electrons. The van der Waals surface area contributed by atoms with Crippen molar-refractivity contribution in [1.29, 1.82) is 0 Å². The van der Waals surface area contributed by atoms with Crippen LogP contribution in [0, 0.1) is 6.92 Å². The molecule has 2 N–H and O–H groups in total. The molecule has 22 heavy (non-hydrogen) atoms. The zero-order valence-electron chi connectivity index (χ0n) is 12.5. The number of hydrogen-bond acceptors (Lipinski definition) is 4. The van der Waals surface area contributed by atoms with Crippen molar-refractivity contribution in [2.24, 2.45) is 0 Å². The highest BCUT2D eigenvalue weighted by Gasteiger charge is 2.07. The molecule has 0 aliphatic carbocycles. The Balaban J connectivity index is 2.00. The molecule has 0 aliphatic rings. The van der Waals surface area contributed by atoms with Crippen LogP contribution in [0.1, 0.15) is 5.56 Å². The van der Waals surface area contributed by atoms with Gasteiger partial charge in [-0.1, -0.05) is 30.3 Å². The van der Waals surface area contributed by atoms with E-state index in [1.54, 1.807) is 0 Å². The monoisotopic (exact) mass is 290 g/mol. The molecule has 0 aliphatic heterocycles. The van der Waals surface area contributed by atoms with Crippen LogP contribution in [0.3, 0.4) is 0 Å². The van der Waals surface area contributed by atoms with Gasteiger partial charge in [-0.25, -0.2) is 4.98 Å². The Labute approximate surface area is 129 Å². The van der Waals surface area contributed by atoms with Gasteiger partial charge in [-0.15, -0.1) is 6.58 Å². The summed E-state index contributed by atoms with van der Waals surface area (Å²) in [5, 5.41) is 7.53. The van der Waals surface area contributed by atoms with Gasteiger partial charge < -0.3 is 10.6 Å². The molecule has 0 atom stereocenters. The number of nitrogens with zero attached hydrogens (tertiary/aromatic N) is 2. The number of para-hydroxylation sites is 1. The standard InChI is InChI=1S/C18H18N4/c1-3-11-19-17-15-9-4-5-10-16(15)21-18(22-17)20-14-8-6-7-13(2)12-14/h3-10,12H,1,11H2,2H3,(H2,19,20,21,22). The van der Waals surface area contributed by atoms with Gasteiger partial charge in [-0.2, -0.15) is 4.98 Å². The van der Waals surface area contributed by atoms with Gasteiger partial charge in [0, 0.05) is 17.6 Å². The first-order valence-corrected chi connectivity index (χ1v) is 7.21. The summed E-state index contributed by atoms with van der Waals surface area (Å²) in [6.07, 6.45) is 1.81. The second-order valence-corrected chi connectivity index (χ2v) is 5.08. The Morgan fingerprint density at radius 1 is 1.09 bits per heavy atom. The number of aryl methyl sites for hydroxylation is 1. The Morgan fingerprint density at radius 2 is 1.95 bits per heavy atom. The van der Waals surface area contributed by atoms with E-state index in [1.165, 1.54) is 5.56 Å². The van der Waals surface area contributed by atoms with Crippen LogP contribution in [0.15, 0.2) is 61.2 Å². The first-order chi connectivity index (χ1) is 10.8. The molecule has 2 aromatic carbocycles. The molecule has 0 unspecified atom stereocenters. The first kappa shape index (κ1) is 14.1. The topological polar surface area (TPSA) is 49.8 Å². The number of nitrogens with one attached hydrogen (secondary N) is 2. The number of aromatic nitrogens is 2. The van der Waals surface area contributed by atoms with Crippen molar-refractivity contribution in [2.45, 2.75) is 6.92 Å². The number of fused-ring (bicyclic) bond motifs is 1. The van der Waals surface area contributed by atoms with E-state index in [0.29, 0.717) is 12.5 Å². The highest BCUT2D eigenvalue weighted by molar-refractivity contribution is 5.90. The van der Waals surface area contributed by atoms with Crippen LogP contribution in [-0.4, -0.2) is 16.5 Å². The third-order valence-electron chi connectivity index (χ3n) is 3.29. The Hall–Kier alpha value is -2.88. The van der Waals surface area contributed by atoms with Gasteiger partial charge in [-0.05, 0) is 36.8 Å². The Bertz CT molecular complexity index is 811. The zero-order chi connectivity index (χ0) is 15.4. The lowest BCUT2D eigenvalue weighted by Gasteiger charge is -2.11. The maximum absolute atomic E-state index is 4.58. The van der Waals surface area contributed by atoms with Gasteiger partial charge in [0.15, 0.2) is 0 Å². The summed E-state index contributed by atoms with van der Waals surface area (Å²) in [7, 11) is 0. The average molecular weight is 290 g/mol. The average Bonchev–Trinajstić information content (AvgIpc) is 2.52. The molecule has 0 saturated carbocycles. The summed E-state index contributed by atoms with van der Waals surface area (Å²) in [6, 6.07) is 16.1. The number of benzene rings is 2. The second-order valence-electron chi connectivity index (χ2n) is 5.08. The minimum absolute atomic E-state index is 0.580. The maximum Gasteiger partial charge on any atom is 0.229 e. The van der Waals surface area contributed by atoms with Crippen molar-refractivity contribution in [3.05, 3.63) is 66.7 Å². The number of rotatable bonds is 5. The van der Waals surface area contributed by atoms with Crippen LogP contribution in [0.5, 0.6) is 0 Å². The van der Waals surface area contributed by atoms with Crippen molar-refractivity contribution >= 4 is 28.4 Å². The minimum atomic E-state index is 0.580. The van der Waals surface area contributed by atoms with Gasteiger partial charge in [0.25, 0.3) is 0 Å². The van der Waals surface area contributed by atoms with Crippen LogP contribution in [0.4, 0.5) is 17.5 Å². The first-order valence-electron chi connectivity index (χ1n) is 7.21. The van der Waals surface area contributed by atoms with E-state index in [0.717, 1.165) is 22.4 Å². The molecular weight excluding hydrogens is 272 g/mol. The van der Waals surface area contributed by atoms with E-state index in [4.69, 9.17) is 0 Å². The fraction of sp³-hybridized carbons (Fsp3) is 0.111. The second kappa shape index (κ2) is 6.26. The number of hydrogen-bond donors (Lipinski definition) is 2. The van der Waals surface area contributed by atoms with Gasteiger partial charge in [0.2, 0.25) is 5.95 Å². The Morgan fingerprint density at radius 3 is 2.77 bits per heavy atom. The van der Waals surface area contributed by atoms with E-state index in [2.05, 4.69) is 46.2 Å². The van der Waals surface area contributed by atoms with Gasteiger partial charge in [0.05, 0.1) is 5.52 Å². The largest absolute Gasteiger partial charge is 0.366 e. The quantitative estimate of drug-likeness (QED) is 0.689. The van der Waals surface area contributed by atoms with Crippen molar-refractivity contribution in [3.8, 4) is 0 Å². The molecule has 4 heteroatoms. The molecule has 1 aromatic heterocycles. The van der Waals surface area contributed by atoms with E-state index < -0.39 is 0 Å². The smallest absolute Gasteiger partial charge is 0.229 e. The molecule has 0 spiro atoms. The predicted octanol–water partition coefficient (Wildman–Crippen LogP) is 4.28. The third-order valence-corrected chi connectivity index (χ3v) is 3.29. The SMILES string of the molecule is C=CCNc1nc(Nc2cccc(C)c2)nc2ccccc12. The van der Waals surface area contributed by atoms with Crippen LogP contribution in [0.25, 0.3) is 10.9 Å². The summed E-state index contributed by atoms with van der Waals surface area (Å²) in [5.74, 6) is 1.39. The van der Waals surface area contributed by atoms with Crippen LogP contribution in [-0.2, 0) is 0 Å². The lowest BCUT2D eigenvalue weighted by molar-refractivity contribution is 1.18. The molecule has 0 radical (unpaired) electrons. The molecular formula is C18H18N4. The Kier molecular flexibility index (Phi) is 4.01. The van der Waals surface area contributed by atoms with Crippen molar-refractivity contribution in [3.63, 3.8) is 0 Å². The molecule has 0 bridgehead atoms. The fourth-order valence-electron chi connectivity index (χ4n) is 2.29.